The van der Waals surface area contributed by atoms with Gasteiger partial charge in [0.05, 0.1) is 0 Å². The molecule has 0 saturated heterocycles. The van der Waals surface area contributed by atoms with Crippen molar-refractivity contribution in [2.45, 2.75) is 32.3 Å². The van der Waals surface area contributed by atoms with Crippen molar-refractivity contribution >= 4 is 11.9 Å². The minimum atomic E-state index is -1.42. The number of carboxylic acids is 1. The number of nitrogens with one attached hydrogen (secondary N) is 1. The number of nitrogens with two attached hydrogens (primary N) is 1. The Hall–Kier alpha value is -1.14. The standard InChI is InChI=1S/C10H20N2O4/c1-7(3-2-5-11)9(14)12-6-4-8(13)10(15)16/h7-8,13H,2-6,11H2,1H3,(H,12,14)(H,15,16)/t7?,8-/m0/s1. The van der Waals surface area contributed by atoms with Gasteiger partial charge in [0.15, 0.2) is 6.10 Å². The van der Waals surface area contributed by atoms with Gasteiger partial charge in [0.2, 0.25) is 5.91 Å². The number of hydrogen-bond donors (Lipinski definition) is 4. The normalized spacial score (nSPS) is 14.2. The number of carbonyl (C=O) groups excluding carboxylic acids is 1. The largest absolute Gasteiger partial charge is 0.479 e. The van der Waals surface area contributed by atoms with Gasteiger partial charge in [-0.05, 0) is 19.4 Å². The lowest BCUT2D eigenvalue weighted by atomic mass is 10.0. The van der Waals surface area contributed by atoms with Crippen LogP contribution in [0, 0.1) is 5.92 Å². The van der Waals surface area contributed by atoms with Crippen LogP contribution in [0.1, 0.15) is 26.2 Å². The fraction of sp³-hybridized carbons (Fsp3) is 0.800. The van der Waals surface area contributed by atoms with Gasteiger partial charge in [0, 0.05) is 18.9 Å². The molecule has 0 saturated carbocycles. The van der Waals surface area contributed by atoms with E-state index in [1.165, 1.54) is 0 Å². The predicted molar refractivity (Wildman–Crippen MR) is 58.7 cm³/mol. The van der Waals surface area contributed by atoms with Crippen molar-refractivity contribution in [3.05, 3.63) is 0 Å². The molecule has 0 spiro atoms. The van der Waals surface area contributed by atoms with Gasteiger partial charge >= 0.3 is 5.97 Å². The molecule has 0 rings (SSSR count). The maximum atomic E-state index is 11.4. The molecule has 0 bridgehead atoms. The highest BCUT2D eigenvalue weighted by Gasteiger charge is 2.15. The average Bonchev–Trinajstić information content (AvgIpc) is 2.25. The van der Waals surface area contributed by atoms with E-state index in [2.05, 4.69) is 5.32 Å². The molecule has 0 aromatic carbocycles. The van der Waals surface area contributed by atoms with E-state index in [9.17, 15) is 9.59 Å². The van der Waals surface area contributed by atoms with Crippen molar-refractivity contribution in [1.29, 1.82) is 0 Å². The van der Waals surface area contributed by atoms with E-state index in [-0.39, 0.29) is 24.8 Å². The van der Waals surface area contributed by atoms with Crippen LogP contribution in [0.15, 0.2) is 0 Å². The van der Waals surface area contributed by atoms with E-state index >= 15 is 0 Å². The summed E-state index contributed by atoms with van der Waals surface area (Å²) in [5.74, 6) is -1.54. The molecule has 2 atom stereocenters. The van der Waals surface area contributed by atoms with Crippen molar-refractivity contribution in [1.82, 2.24) is 5.32 Å². The minimum Gasteiger partial charge on any atom is -0.479 e. The zero-order chi connectivity index (χ0) is 12.6. The second-order valence-corrected chi connectivity index (χ2v) is 3.77. The van der Waals surface area contributed by atoms with Gasteiger partial charge in [-0.15, -0.1) is 0 Å². The molecular weight excluding hydrogens is 212 g/mol. The fourth-order valence-corrected chi connectivity index (χ4v) is 1.18. The number of aliphatic carboxylic acids is 1. The zero-order valence-electron chi connectivity index (χ0n) is 9.48. The van der Waals surface area contributed by atoms with E-state index in [1.54, 1.807) is 6.92 Å². The SMILES string of the molecule is CC(CCCN)C(=O)NCC[C@H](O)C(=O)O. The Labute approximate surface area is 94.8 Å². The van der Waals surface area contributed by atoms with Gasteiger partial charge < -0.3 is 21.3 Å². The molecular formula is C10H20N2O4. The monoisotopic (exact) mass is 232 g/mol. The summed E-state index contributed by atoms with van der Waals surface area (Å²) in [6, 6.07) is 0. The van der Waals surface area contributed by atoms with Crippen molar-refractivity contribution in [2.24, 2.45) is 11.7 Å². The number of aliphatic hydroxyl groups is 1. The molecule has 0 aliphatic carbocycles. The lowest BCUT2D eigenvalue weighted by molar-refractivity contribution is -0.147. The van der Waals surface area contributed by atoms with Crippen LogP contribution >= 0.6 is 0 Å². The summed E-state index contributed by atoms with van der Waals surface area (Å²) in [6.45, 7) is 2.51. The van der Waals surface area contributed by atoms with Crippen LogP contribution in [0.3, 0.4) is 0 Å². The number of carbonyl (C=O) groups is 2. The van der Waals surface area contributed by atoms with Crippen molar-refractivity contribution in [3.8, 4) is 0 Å². The van der Waals surface area contributed by atoms with Crippen LogP contribution in [-0.2, 0) is 9.59 Å². The van der Waals surface area contributed by atoms with Crippen LogP contribution in [0.5, 0.6) is 0 Å². The Morgan fingerprint density at radius 2 is 2.00 bits per heavy atom. The van der Waals surface area contributed by atoms with Gasteiger partial charge in [-0.2, -0.15) is 0 Å². The Morgan fingerprint density at radius 1 is 1.38 bits per heavy atom. The molecule has 6 heteroatoms. The number of aliphatic hydroxyl groups excluding tert-OH is 1. The topological polar surface area (TPSA) is 113 Å². The Kier molecular flexibility index (Phi) is 7.49. The highest BCUT2D eigenvalue weighted by atomic mass is 16.4. The van der Waals surface area contributed by atoms with Crippen LogP contribution in [0.2, 0.25) is 0 Å². The molecule has 16 heavy (non-hydrogen) atoms. The van der Waals surface area contributed by atoms with Crippen LogP contribution < -0.4 is 11.1 Å². The van der Waals surface area contributed by atoms with Crippen LogP contribution in [0.25, 0.3) is 0 Å². The summed E-state index contributed by atoms with van der Waals surface area (Å²) < 4.78 is 0. The maximum absolute atomic E-state index is 11.4. The molecule has 1 amide bonds. The van der Waals surface area contributed by atoms with Crippen molar-refractivity contribution < 1.29 is 19.8 Å². The predicted octanol–water partition coefficient (Wildman–Crippen LogP) is -0.687. The summed E-state index contributed by atoms with van der Waals surface area (Å²) in [5, 5.41) is 19.9. The minimum absolute atomic E-state index is 0.0185. The van der Waals surface area contributed by atoms with Gasteiger partial charge in [-0.3, -0.25) is 4.79 Å². The van der Waals surface area contributed by atoms with Gasteiger partial charge in [-0.25, -0.2) is 4.79 Å². The van der Waals surface area contributed by atoms with Crippen molar-refractivity contribution in [3.63, 3.8) is 0 Å². The second kappa shape index (κ2) is 8.06. The van der Waals surface area contributed by atoms with Crippen molar-refractivity contribution in [2.75, 3.05) is 13.1 Å². The first-order valence-electron chi connectivity index (χ1n) is 5.37. The molecule has 0 radical (unpaired) electrons. The van der Waals surface area contributed by atoms with E-state index in [0.29, 0.717) is 13.0 Å². The molecule has 0 fully saturated rings. The Bertz CT molecular complexity index is 233. The quantitative estimate of drug-likeness (QED) is 0.442. The summed E-state index contributed by atoms with van der Waals surface area (Å²) in [4.78, 5) is 21.7. The molecule has 5 N–H and O–H groups in total. The molecule has 0 heterocycles. The molecule has 1 unspecified atom stereocenters. The third-order valence-corrected chi connectivity index (χ3v) is 2.29. The highest BCUT2D eigenvalue weighted by molar-refractivity contribution is 5.78. The third-order valence-electron chi connectivity index (χ3n) is 2.29. The molecule has 0 aromatic heterocycles. The summed E-state index contributed by atoms with van der Waals surface area (Å²) >= 11 is 0. The molecule has 94 valence electrons. The number of amides is 1. The van der Waals surface area contributed by atoms with Crippen LogP contribution in [0.4, 0.5) is 0 Å². The van der Waals surface area contributed by atoms with E-state index in [0.717, 1.165) is 6.42 Å². The first-order valence-corrected chi connectivity index (χ1v) is 5.37. The first kappa shape index (κ1) is 14.9. The summed E-state index contributed by atoms with van der Waals surface area (Å²) in [5.41, 5.74) is 5.32. The second-order valence-electron chi connectivity index (χ2n) is 3.77. The lowest BCUT2D eigenvalue weighted by Gasteiger charge is -2.12. The fourth-order valence-electron chi connectivity index (χ4n) is 1.18. The van der Waals surface area contributed by atoms with Crippen LogP contribution in [-0.4, -0.2) is 41.3 Å². The lowest BCUT2D eigenvalue weighted by Crippen LogP contribution is -2.33. The number of rotatable bonds is 8. The first-order chi connectivity index (χ1) is 7.49. The highest BCUT2D eigenvalue weighted by Crippen LogP contribution is 2.04. The van der Waals surface area contributed by atoms with E-state index < -0.39 is 12.1 Å². The molecule has 6 nitrogen and oxygen atoms in total. The molecule has 0 aliphatic rings. The van der Waals surface area contributed by atoms with E-state index in [1.807, 2.05) is 0 Å². The number of hydrogen-bond acceptors (Lipinski definition) is 4. The number of carboxylic acid groups (broad SMARTS) is 1. The summed E-state index contributed by atoms with van der Waals surface area (Å²) in [6.07, 6.45) is 0.0977. The molecule has 0 aromatic rings. The Morgan fingerprint density at radius 3 is 2.50 bits per heavy atom. The summed E-state index contributed by atoms with van der Waals surface area (Å²) in [7, 11) is 0. The Balaban J connectivity index is 3.68. The van der Waals surface area contributed by atoms with Gasteiger partial charge in [0.1, 0.15) is 0 Å². The zero-order valence-corrected chi connectivity index (χ0v) is 9.48. The van der Waals surface area contributed by atoms with Gasteiger partial charge in [-0.1, -0.05) is 6.92 Å². The average molecular weight is 232 g/mol. The smallest absolute Gasteiger partial charge is 0.332 e. The van der Waals surface area contributed by atoms with Gasteiger partial charge in [0.25, 0.3) is 0 Å². The third kappa shape index (κ3) is 6.36. The maximum Gasteiger partial charge on any atom is 0.332 e. The molecule has 0 aliphatic heterocycles. The van der Waals surface area contributed by atoms with E-state index in [4.69, 9.17) is 15.9 Å².